The van der Waals surface area contributed by atoms with Crippen LogP contribution in [0.1, 0.15) is 12.5 Å². The molecular weight excluding hydrogens is 242 g/mol. The van der Waals surface area contributed by atoms with Crippen molar-refractivity contribution in [2.75, 3.05) is 26.2 Å². The van der Waals surface area contributed by atoms with Gasteiger partial charge in [0.15, 0.2) is 0 Å². The molecule has 5 heteroatoms. The summed E-state index contributed by atoms with van der Waals surface area (Å²) in [5.41, 5.74) is 0.822. The van der Waals surface area contributed by atoms with E-state index in [0.29, 0.717) is 11.6 Å². The van der Waals surface area contributed by atoms with Crippen LogP contribution in [0.15, 0.2) is 30.3 Å². The molecule has 2 rings (SSSR count). The number of piperazine rings is 1. The molecule has 19 heavy (non-hydrogen) atoms. The molecule has 5 nitrogen and oxygen atoms in total. The predicted molar refractivity (Wildman–Crippen MR) is 76.0 cm³/mol. The number of para-hydroxylation sites is 1. The molecule has 1 aliphatic rings. The van der Waals surface area contributed by atoms with Crippen molar-refractivity contribution in [1.82, 2.24) is 10.2 Å². The maximum atomic E-state index is 10.9. The van der Waals surface area contributed by atoms with E-state index in [1.165, 1.54) is 6.07 Å². The van der Waals surface area contributed by atoms with E-state index in [9.17, 15) is 10.1 Å². The molecule has 1 aromatic carbocycles. The summed E-state index contributed by atoms with van der Waals surface area (Å²) in [6.07, 6.45) is 3.84. The van der Waals surface area contributed by atoms with E-state index in [1.807, 2.05) is 18.2 Å². The van der Waals surface area contributed by atoms with Crippen LogP contribution in [-0.2, 0) is 0 Å². The molecule has 1 N–H and O–H groups in total. The smallest absolute Gasteiger partial charge is 0.276 e. The Balaban J connectivity index is 1.97. The third-order valence-corrected chi connectivity index (χ3v) is 3.25. The van der Waals surface area contributed by atoms with Gasteiger partial charge in [-0.25, -0.2) is 0 Å². The molecule has 0 aromatic heterocycles. The van der Waals surface area contributed by atoms with Gasteiger partial charge < -0.3 is 5.32 Å². The van der Waals surface area contributed by atoms with Gasteiger partial charge in [-0.2, -0.15) is 0 Å². The van der Waals surface area contributed by atoms with Gasteiger partial charge in [0.25, 0.3) is 5.69 Å². The normalized spacial score (nSPS) is 20.8. The fraction of sp³-hybridized carbons (Fsp3) is 0.429. The third kappa shape index (κ3) is 3.87. The first-order valence-electron chi connectivity index (χ1n) is 6.52. The van der Waals surface area contributed by atoms with Gasteiger partial charge in [-0.3, -0.25) is 15.0 Å². The predicted octanol–water partition coefficient (Wildman–Crippen LogP) is 1.90. The lowest BCUT2D eigenvalue weighted by molar-refractivity contribution is -0.385. The summed E-state index contributed by atoms with van der Waals surface area (Å²) in [6, 6.07) is 7.32. The molecule has 0 saturated carbocycles. The standard InChI is InChI=1S/C14H19N3O2/c1-12-11-16(10-8-15-12)9-4-6-13-5-2-3-7-14(13)17(18)19/h2-7,12,15H,8-11H2,1H3/b6-4+/t12-/m0/s1. The van der Waals surface area contributed by atoms with Crippen LogP contribution in [0.25, 0.3) is 6.08 Å². The Bertz CT molecular complexity index is 474. The fourth-order valence-corrected chi connectivity index (χ4v) is 2.30. The second kappa shape index (κ2) is 6.45. The van der Waals surface area contributed by atoms with Crippen molar-refractivity contribution in [3.8, 4) is 0 Å². The van der Waals surface area contributed by atoms with Crippen molar-refractivity contribution in [3.63, 3.8) is 0 Å². The lowest BCUT2D eigenvalue weighted by Crippen LogP contribution is -2.49. The quantitative estimate of drug-likeness (QED) is 0.664. The molecule has 102 valence electrons. The topological polar surface area (TPSA) is 58.4 Å². The van der Waals surface area contributed by atoms with E-state index < -0.39 is 0 Å². The highest BCUT2D eigenvalue weighted by Gasteiger charge is 2.14. The average Bonchev–Trinajstić information content (AvgIpc) is 2.39. The first-order valence-corrected chi connectivity index (χ1v) is 6.52. The molecule has 1 aliphatic heterocycles. The summed E-state index contributed by atoms with van der Waals surface area (Å²) < 4.78 is 0. The molecule has 1 fully saturated rings. The second-order valence-electron chi connectivity index (χ2n) is 4.83. The molecule has 0 amide bonds. The van der Waals surface area contributed by atoms with Crippen LogP contribution in [0, 0.1) is 10.1 Å². The molecule has 0 spiro atoms. The molecular formula is C14H19N3O2. The van der Waals surface area contributed by atoms with E-state index in [4.69, 9.17) is 0 Å². The van der Waals surface area contributed by atoms with Crippen molar-refractivity contribution in [1.29, 1.82) is 0 Å². The molecule has 1 aromatic rings. The fourth-order valence-electron chi connectivity index (χ4n) is 2.30. The van der Waals surface area contributed by atoms with Crippen LogP contribution >= 0.6 is 0 Å². The van der Waals surface area contributed by atoms with Crippen LogP contribution in [0.2, 0.25) is 0 Å². The van der Waals surface area contributed by atoms with Crippen LogP contribution in [-0.4, -0.2) is 42.0 Å². The molecule has 1 saturated heterocycles. The molecule has 1 heterocycles. The summed E-state index contributed by atoms with van der Waals surface area (Å²) in [4.78, 5) is 12.9. The zero-order chi connectivity index (χ0) is 13.7. The Morgan fingerprint density at radius 2 is 2.32 bits per heavy atom. The van der Waals surface area contributed by atoms with E-state index in [0.717, 1.165) is 26.2 Å². The van der Waals surface area contributed by atoms with E-state index in [2.05, 4.69) is 17.1 Å². The minimum Gasteiger partial charge on any atom is -0.312 e. The maximum absolute atomic E-state index is 10.9. The summed E-state index contributed by atoms with van der Waals surface area (Å²) >= 11 is 0. The number of rotatable bonds is 4. The van der Waals surface area contributed by atoms with E-state index in [1.54, 1.807) is 12.1 Å². The summed E-state index contributed by atoms with van der Waals surface area (Å²) in [5.74, 6) is 0. The summed E-state index contributed by atoms with van der Waals surface area (Å²) in [6.45, 7) is 6.03. The van der Waals surface area contributed by atoms with Gasteiger partial charge in [0.1, 0.15) is 0 Å². The Kier molecular flexibility index (Phi) is 4.65. The van der Waals surface area contributed by atoms with Crippen molar-refractivity contribution in [2.24, 2.45) is 0 Å². The summed E-state index contributed by atoms with van der Waals surface area (Å²) in [5, 5.41) is 14.3. The van der Waals surface area contributed by atoms with Crippen molar-refractivity contribution in [3.05, 3.63) is 46.0 Å². The minimum absolute atomic E-state index is 0.160. The van der Waals surface area contributed by atoms with Gasteiger partial charge in [0.2, 0.25) is 0 Å². The van der Waals surface area contributed by atoms with E-state index in [-0.39, 0.29) is 10.6 Å². The van der Waals surface area contributed by atoms with Gasteiger partial charge in [-0.1, -0.05) is 24.3 Å². The van der Waals surface area contributed by atoms with Crippen molar-refractivity contribution < 1.29 is 4.92 Å². The average molecular weight is 261 g/mol. The number of benzene rings is 1. The monoisotopic (exact) mass is 261 g/mol. The third-order valence-electron chi connectivity index (χ3n) is 3.25. The summed E-state index contributed by atoms with van der Waals surface area (Å²) in [7, 11) is 0. The largest absolute Gasteiger partial charge is 0.312 e. The SMILES string of the molecule is C[C@H]1CN(C/C=C/c2ccccc2[N+](=O)[O-])CCN1. The molecule has 0 aliphatic carbocycles. The van der Waals surface area contributed by atoms with Crippen LogP contribution in [0.3, 0.4) is 0 Å². The van der Waals surface area contributed by atoms with Crippen LogP contribution in [0.4, 0.5) is 5.69 Å². The van der Waals surface area contributed by atoms with Crippen LogP contribution in [0.5, 0.6) is 0 Å². The zero-order valence-electron chi connectivity index (χ0n) is 11.1. The number of nitro benzene ring substituents is 1. The Labute approximate surface area is 113 Å². The molecule has 0 unspecified atom stereocenters. The minimum atomic E-state index is -0.341. The Morgan fingerprint density at radius 1 is 1.53 bits per heavy atom. The number of hydrogen-bond acceptors (Lipinski definition) is 4. The maximum Gasteiger partial charge on any atom is 0.276 e. The van der Waals surface area contributed by atoms with Gasteiger partial charge in [-0.15, -0.1) is 0 Å². The van der Waals surface area contributed by atoms with Crippen LogP contribution < -0.4 is 5.32 Å². The van der Waals surface area contributed by atoms with Gasteiger partial charge in [0.05, 0.1) is 10.5 Å². The molecule has 1 atom stereocenters. The number of nitrogens with one attached hydrogen (secondary N) is 1. The van der Waals surface area contributed by atoms with Crippen molar-refractivity contribution >= 4 is 11.8 Å². The first-order chi connectivity index (χ1) is 9.16. The Hall–Kier alpha value is -1.72. The first kappa shape index (κ1) is 13.7. The second-order valence-corrected chi connectivity index (χ2v) is 4.83. The molecule has 0 radical (unpaired) electrons. The van der Waals surface area contributed by atoms with E-state index >= 15 is 0 Å². The zero-order valence-corrected chi connectivity index (χ0v) is 11.1. The van der Waals surface area contributed by atoms with Gasteiger partial charge in [-0.05, 0) is 13.0 Å². The highest BCUT2D eigenvalue weighted by Crippen LogP contribution is 2.18. The van der Waals surface area contributed by atoms with Crippen molar-refractivity contribution in [2.45, 2.75) is 13.0 Å². The highest BCUT2D eigenvalue weighted by molar-refractivity contribution is 5.60. The Morgan fingerprint density at radius 3 is 3.05 bits per heavy atom. The van der Waals surface area contributed by atoms with Gasteiger partial charge >= 0.3 is 0 Å². The number of hydrogen-bond donors (Lipinski definition) is 1. The lowest BCUT2D eigenvalue weighted by Gasteiger charge is -2.30. The molecule has 0 bridgehead atoms. The highest BCUT2D eigenvalue weighted by atomic mass is 16.6. The lowest BCUT2D eigenvalue weighted by atomic mass is 10.1. The number of nitro groups is 1. The number of nitrogens with zero attached hydrogens (tertiary/aromatic N) is 2. The van der Waals surface area contributed by atoms with Gasteiger partial charge in [0, 0.05) is 38.3 Å².